The molecular formula is C31H30N2O4. The number of hydrogen-bond donors (Lipinski definition) is 1. The Morgan fingerprint density at radius 3 is 2.30 bits per heavy atom. The van der Waals surface area contributed by atoms with E-state index in [1.807, 2.05) is 54.6 Å². The monoisotopic (exact) mass is 494 g/mol. The van der Waals surface area contributed by atoms with Crippen molar-refractivity contribution in [2.24, 2.45) is 10.9 Å². The van der Waals surface area contributed by atoms with Gasteiger partial charge in [-0.2, -0.15) is 0 Å². The number of nitrogens with zero attached hydrogens (tertiary/aromatic N) is 1. The Balaban J connectivity index is 1.48. The van der Waals surface area contributed by atoms with Gasteiger partial charge in [0.1, 0.15) is 5.92 Å². The molecule has 0 saturated heterocycles. The van der Waals surface area contributed by atoms with Gasteiger partial charge >= 0.3 is 5.97 Å². The van der Waals surface area contributed by atoms with Gasteiger partial charge in [-0.05, 0) is 67.3 Å². The van der Waals surface area contributed by atoms with Crippen LogP contribution in [0.4, 0.5) is 11.4 Å². The number of esters is 1. The zero-order chi connectivity index (χ0) is 25.8. The number of ether oxygens (including phenoxy) is 1. The number of benzene rings is 3. The van der Waals surface area contributed by atoms with E-state index < -0.39 is 11.9 Å². The number of rotatable bonds is 7. The van der Waals surface area contributed by atoms with Gasteiger partial charge in [-0.1, -0.05) is 55.7 Å². The second-order valence-corrected chi connectivity index (χ2v) is 9.55. The lowest BCUT2D eigenvalue weighted by atomic mass is 9.84. The minimum Gasteiger partial charge on any atom is -0.462 e. The Morgan fingerprint density at radius 2 is 1.59 bits per heavy atom. The van der Waals surface area contributed by atoms with Gasteiger partial charge in [-0.25, -0.2) is 4.79 Å². The summed E-state index contributed by atoms with van der Waals surface area (Å²) < 4.78 is 5.10. The van der Waals surface area contributed by atoms with Crippen LogP contribution < -0.4 is 5.32 Å². The molecule has 6 nitrogen and oxygen atoms in total. The normalized spacial score (nSPS) is 17.7. The molecule has 1 heterocycles. The Labute approximate surface area is 216 Å². The van der Waals surface area contributed by atoms with Crippen molar-refractivity contribution in [2.75, 3.05) is 11.9 Å². The van der Waals surface area contributed by atoms with Gasteiger partial charge < -0.3 is 10.1 Å². The van der Waals surface area contributed by atoms with Crippen molar-refractivity contribution in [3.05, 3.63) is 95.1 Å². The summed E-state index contributed by atoms with van der Waals surface area (Å²) in [6.45, 7) is 2.03. The second kappa shape index (κ2) is 10.9. The van der Waals surface area contributed by atoms with E-state index in [2.05, 4.69) is 5.32 Å². The molecule has 1 N–H and O–H groups in total. The van der Waals surface area contributed by atoms with Crippen LogP contribution in [0.2, 0.25) is 0 Å². The molecule has 0 bridgehead atoms. The summed E-state index contributed by atoms with van der Waals surface area (Å²) in [4.78, 5) is 43.3. The van der Waals surface area contributed by atoms with Crippen LogP contribution in [0.25, 0.3) is 0 Å². The summed E-state index contributed by atoms with van der Waals surface area (Å²) >= 11 is 0. The first-order chi connectivity index (χ1) is 18.0. The molecule has 3 aromatic rings. The van der Waals surface area contributed by atoms with Crippen molar-refractivity contribution >= 4 is 34.7 Å². The maximum Gasteiger partial charge on any atom is 0.338 e. The van der Waals surface area contributed by atoms with Crippen molar-refractivity contribution in [1.29, 1.82) is 0 Å². The Kier molecular flexibility index (Phi) is 7.26. The molecule has 2 aliphatic rings. The molecule has 5 rings (SSSR count). The van der Waals surface area contributed by atoms with Gasteiger partial charge in [0, 0.05) is 17.2 Å². The van der Waals surface area contributed by atoms with E-state index >= 15 is 0 Å². The summed E-state index contributed by atoms with van der Waals surface area (Å²) in [5, 5.41) is 2.91. The molecule has 6 heteroatoms. The number of amides is 1. The Morgan fingerprint density at radius 1 is 0.892 bits per heavy atom. The number of Topliss-reactive ketones (excluding diaryl/α,β-unsaturated/α-hetero) is 1. The average Bonchev–Trinajstić information content (AvgIpc) is 3.27. The minimum absolute atomic E-state index is 0.112. The van der Waals surface area contributed by atoms with E-state index in [1.165, 1.54) is 6.42 Å². The average molecular weight is 495 g/mol. The van der Waals surface area contributed by atoms with Gasteiger partial charge in [0.2, 0.25) is 5.91 Å². The predicted octanol–water partition coefficient (Wildman–Crippen LogP) is 6.48. The summed E-state index contributed by atoms with van der Waals surface area (Å²) in [5.41, 5.74) is 4.53. The fourth-order valence-electron chi connectivity index (χ4n) is 5.22. The Hall–Kier alpha value is -4.06. The van der Waals surface area contributed by atoms with Crippen molar-refractivity contribution < 1.29 is 19.1 Å². The van der Waals surface area contributed by atoms with E-state index in [1.54, 1.807) is 25.1 Å². The van der Waals surface area contributed by atoms with E-state index in [0.717, 1.165) is 36.8 Å². The number of carbonyl (C=O) groups is 3. The maximum absolute atomic E-state index is 13.2. The lowest BCUT2D eigenvalue weighted by Gasteiger charge is -2.20. The fraction of sp³-hybridized carbons (Fsp3) is 0.290. The molecule has 0 spiro atoms. The smallest absolute Gasteiger partial charge is 0.338 e. The number of nitrogens with one attached hydrogen (secondary N) is 1. The molecule has 1 aliphatic carbocycles. The van der Waals surface area contributed by atoms with Crippen LogP contribution in [0.5, 0.6) is 0 Å². The zero-order valence-electron chi connectivity index (χ0n) is 20.9. The number of fused-ring (bicyclic) bond motifs is 1. The molecule has 1 fully saturated rings. The third-order valence-electron chi connectivity index (χ3n) is 7.12. The van der Waals surface area contributed by atoms with Crippen molar-refractivity contribution in [3.8, 4) is 0 Å². The van der Waals surface area contributed by atoms with Gasteiger partial charge in [0.05, 0.1) is 23.6 Å². The molecule has 0 radical (unpaired) electrons. The first-order valence-electron chi connectivity index (χ1n) is 13.0. The topological polar surface area (TPSA) is 84.8 Å². The van der Waals surface area contributed by atoms with E-state index in [9.17, 15) is 14.4 Å². The molecule has 3 aromatic carbocycles. The van der Waals surface area contributed by atoms with Crippen LogP contribution >= 0.6 is 0 Å². The lowest BCUT2D eigenvalue weighted by molar-refractivity contribution is -0.115. The van der Waals surface area contributed by atoms with E-state index in [0.29, 0.717) is 28.2 Å². The van der Waals surface area contributed by atoms with Crippen LogP contribution in [-0.2, 0) is 9.53 Å². The Bertz CT molecular complexity index is 1340. The number of carbonyl (C=O) groups excluding carboxylic acids is 3. The summed E-state index contributed by atoms with van der Waals surface area (Å²) in [5.74, 6) is -0.955. The third kappa shape index (κ3) is 5.24. The van der Waals surface area contributed by atoms with Gasteiger partial charge in [0.15, 0.2) is 5.78 Å². The van der Waals surface area contributed by atoms with E-state index in [-0.39, 0.29) is 24.2 Å². The fourth-order valence-corrected chi connectivity index (χ4v) is 5.22. The minimum atomic E-state index is -0.641. The van der Waals surface area contributed by atoms with Gasteiger partial charge in [0.25, 0.3) is 0 Å². The maximum atomic E-state index is 13.2. The number of anilines is 1. The SMILES string of the molecule is CCOC(=O)c1ccc2c(c1)NC(=O)C2C(=Nc1ccc(C(=O)C2CCCCC2)cc1)c1ccccc1. The zero-order valence-corrected chi connectivity index (χ0v) is 20.9. The third-order valence-corrected chi connectivity index (χ3v) is 7.12. The van der Waals surface area contributed by atoms with Crippen LogP contribution in [0.1, 0.15) is 76.8 Å². The highest BCUT2D eigenvalue weighted by atomic mass is 16.5. The lowest BCUT2D eigenvalue weighted by Crippen LogP contribution is -2.22. The molecule has 1 amide bonds. The molecule has 1 saturated carbocycles. The van der Waals surface area contributed by atoms with Crippen LogP contribution in [0.3, 0.4) is 0 Å². The molecule has 188 valence electrons. The van der Waals surface area contributed by atoms with Gasteiger partial charge in [-0.15, -0.1) is 0 Å². The molecule has 1 aliphatic heterocycles. The largest absolute Gasteiger partial charge is 0.462 e. The second-order valence-electron chi connectivity index (χ2n) is 9.55. The highest BCUT2D eigenvalue weighted by Crippen LogP contribution is 2.37. The van der Waals surface area contributed by atoms with Crippen LogP contribution in [-0.4, -0.2) is 30.0 Å². The van der Waals surface area contributed by atoms with Crippen molar-refractivity contribution in [2.45, 2.75) is 44.9 Å². The highest BCUT2D eigenvalue weighted by Gasteiger charge is 2.36. The number of ketones is 1. The molecular weight excluding hydrogens is 464 g/mol. The number of aliphatic imine (C=N–C) groups is 1. The van der Waals surface area contributed by atoms with Crippen molar-refractivity contribution in [1.82, 2.24) is 0 Å². The summed E-state index contributed by atoms with van der Waals surface area (Å²) in [6.07, 6.45) is 5.37. The molecule has 1 atom stereocenters. The van der Waals surface area contributed by atoms with Gasteiger partial charge in [-0.3, -0.25) is 14.6 Å². The highest BCUT2D eigenvalue weighted by molar-refractivity contribution is 6.24. The predicted molar refractivity (Wildman–Crippen MR) is 144 cm³/mol. The molecule has 37 heavy (non-hydrogen) atoms. The number of hydrogen-bond acceptors (Lipinski definition) is 5. The molecule has 0 aromatic heterocycles. The van der Waals surface area contributed by atoms with Crippen LogP contribution in [0, 0.1) is 5.92 Å². The first kappa shape index (κ1) is 24.6. The first-order valence-corrected chi connectivity index (χ1v) is 13.0. The van der Waals surface area contributed by atoms with Crippen LogP contribution in [0.15, 0.2) is 77.8 Å². The molecule has 1 unspecified atom stereocenters. The summed E-state index contributed by atoms with van der Waals surface area (Å²) in [6, 6.07) is 22.1. The van der Waals surface area contributed by atoms with E-state index in [4.69, 9.17) is 9.73 Å². The quantitative estimate of drug-likeness (QED) is 0.231. The van der Waals surface area contributed by atoms with Crippen molar-refractivity contribution in [3.63, 3.8) is 0 Å². The standard InChI is InChI=1S/C31H30N2O4/c1-2-37-31(36)23-15-18-25-26(19-23)33-30(35)27(25)28(20-9-5-3-6-10-20)32-24-16-13-22(14-17-24)29(34)21-11-7-4-8-12-21/h3,5-6,9-10,13-19,21,27H,2,4,7-8,11-12H2,1H3,(H,33,35). The summed E-state index contributed by atoms with van der Waals surface area (Å²) in [7, 11) is 0.